The maximum Gasteiger partial charge on any atom is 0.335 e. The largest absolute Gasteiger partial charge is 0.508 e. The highest BCUT2D eigenvalue weighted by molar-refractivity contribution is 5.92. The second kappa shape index (κ2) is 41.1. The maximum atomic E-state index is 13.2. The number of nitrogens with zero attached hydrogens (tertiary/aromatic N) is 6. The highest BCUT2D eigenvalue weighted by atomic mass is 19.1. The fourth-order valence-corrected chi connectivity index (χ4v) is 15.0. The summed E-state index contributed by atoms with van der Waals surface area (Å²) in [6.45, 7) is 0. The van der Waals surface area contributed by atoms with Gasteiger partial charge in [0, 0.05) is 51.6 Å². The van der Waals surface area contributed by atoms with Crippen molar-refractivity contribution in [2.24, 2.45) is 0 Å². The first-order chi connectivity index (χ1) is 69.8. The quantitative estimate of drug-likeness (QED) is 0.0261. The molecule has 6 heterocycles. The minimum absolute atomic E-state index is 0.0514. The topological polar surface area (TPSA) is 385 Å². The van der Waals surface area contributed by atoms with Gasteiger partial charge in [-0.3, -0.25) is 0 Å². The van der Waals surface area contributed by atoms with Crippen molar-refractivity contribution >= 4 is 83.9 Å². The van der Waals surface area contributed by atoms with E-state index in [0.29, 0.717) is 148 Å². The molecule has 0 bridgehead atoms. The Morgan fingerprint density at radius 2 is 0.424 bits per heavy atom. The molecule has 0 saturated heterocycles. The lowest BCUT2D eigenvalue weighted by Gasteiger charge is -2.06. The van der Waals surface area contributed by atoms with Crippen molar-refractivity contribution < 1.29 is 98.5 Å². The number of phenolic OH excluding ortho intramolecular Hbond substituents is 6. The van der Waals surface area contributed by atoms with Gasteiger partial charge in [0.05, 0.1) is 16.9 Å². The van der Waals surface area contributed by atoms with Gasteiger partial charge in [0.25, 0.3) is 0 Å². The highest BCUT2D eigenvalue weighted by Gasteiger charge is 2.20. The van der Waals surface area contributed by atoms with E-state index < -0.39 is 11.8 Å². The fourth-order valence-electron chi connectivity index (χ4n) is 15.0. The van der Waals surface area contributed by atoms with Gasteiger partial charge in [0.2, 0.25) is 35.3 Å². The zero-order chi connectivity index (χ0) is 99.6. The number of carbonyl (C=O) groups is 1. The normalized spacial score (nSPS) is 11.0. The van der Waals surface area contributed by atoms with Crippen molar-refractivity contribution in [3.63, 3.8) is 0 Å². The number of aromatic hydroxyl groups is 6. The number of carboxylic acids is 1. The Hall–Kier alpha value is -20.1. The number of nitrogen functional groups attached to an aromatic ring is 2. The molecule has 24 nitrogen and oxygen atoms in total. The van der Waals surface area contributed by atoms with Crippen molar-refractivity contribution in [2.75, 3.05) is 11.5 Å². The van der Waals surface area contributed by atoms with E-state index in [-0.39, 0.29) is 63.3 Å². The molecule has 18 aromatic carbocycles. The first-order valence-electron chi connectivity index (χ1n) is 44.1. The number of fused-ring (bicyclic) bond motifs is 6. The Morgan fingerprint density at radius 1 is 0.222 bits per heavy atom. The van der Waals surface area contributed by atoms with Gasteiger partial charge in [-0.2, -0.15) is 0 Å². The lowest BCUT2D eigenvalue weighted by molar-refractivity contribution is 0.0696. The molecule has 0 fully saturated rings. The van der Waals surface area contributed by atoms with E-state index in [1.807, 2.05) is 158 Å². The Labute approximate surface area is 812 Å². The molecule has 11 N–H and O–H groups in total. The summed E-state index contributed by atoms with van der Waals surface area (Å²) in [5.74, 6) is 3.00. The molecular formula is C115H75F5N8O16. The van der Waals surface area contributed by atoms with E-state index >= 15 is 0 Å². The van der Waals surface area contributed by atoms with Crippen LogP contribution in [0.5, 0.6) is 57.5 Å². The fraction of sp³-hybridized carbons (Fsp3) is 0. The number of anilines is 2. The molecule has 0 unspecified atom stereocenters. The number of nitrogens with two attached hydrogens (primary N) is 2. The molecule has 29 heteroatoms. The zero-order valence-corrected chi connectivity index (χ0v) is 75.0. The third kappa shape index (κ3) is 22.1. The molecule has 144 heavy (non-hydrogen) atoms. The Balaban J connectivity index is 0.000000119. The minimum Gasteiger partial charge on any atom is -0.508 e. The first-order valence-corrected chi connectivity index (χ1v) is 44.1. The van der Waals surface area contributed by atoms with Gasteiger partial charge >= 0.3 is 5.97 Å². The highest BCUT2D eigenvalue weighted by Crippen LogP contribution is 2.40. The summed E-state index contributed by atoms with van der Waals surface area (Å²) in [4.78, 5) is 37.9. The number of aromatic nitrogens is 6. The molecule has 0 atom stereocenters. The molecular weight excluding hydrogens is 1840 g/mol. The van der Waals surface area contributed by atoms with E-state index in [4.69, 9.17) is 72.7 Å². The summed E-state index contributed by atoms with van der Waals surface area (Å²) in [6.07, 6.45) is 0. The van der Waals surface area contributed by atoms with Gasteiger partial charge in [-0.25, -0.2) is 56.7 Å². The van der Waals surface area contributed by atoms with Crippen LogP contribution in [-0.2, 0) is 0 Å². The molecule has 0 spiro atoms. The van der Waals surface area contributed by atoms with Crippen LogP contribution >= 0.6 is 0 Å². The molecule has 24 rings (SSSR count). The van der Waals surface area contributed by atoms with Crippen LogP contribution in [0.4, 0.5) is 33.3 Å². The van der Waals surface area contributed by atoms with Crippen molar-refractivity contribution in [1.29, 1.82) is 0 Å². The van der Waals surface area contributed by atoms with Crippen LogP contribution in [0.3, 0.4) is 0 Å². The number of carboxylic acid groups (broad SMARTS) is 1. The maximum absolute atomic E-state index is 13.2. The monoisotopic (exact) mass is 1920 g/mol. The summed E-state index contributed by atoms with van der Waals surface area (Å²) < 4.78 is 112. The van der Waals surface area contributed by atoms with Gasteiger partial charge in [0.15, 0.2) is 33.5 Å². The van der Waals surface area contributed by atoms with Gasteiger partial charge in [-0.1, -0.05) is 66.7 Å². The van der Waals surface area contributed by atoms with Gasteiger partial charge in [-0.05, 0) is 348 Å². The second-order valence-corrected chi connectivity index (χ2v) is 32.4. The SMILES string of the molecule is Fc1ccc(-c2nc3cc(-c4ccc5oc(-c6ccc(F)cc6)nc5c4)ccc3o2)cc1.Fc1ccc(-c2nc3cc(-c4ccc5oc(-c6ccc(F)cc6)nc5c4)ccc3o2)cc1.Nc1cc(-c2ccc(O)c(N)c2)ccc1O.O=C(O)c1ccc(F)cc1.Oc1cccc(O)c1.Oc1cccc(Oc2ccc(-c3nc4cc(-c5ccc6oc(-c7ccc(Oc8cccc(O)c8)cc7)nc6c5)ccc4o3)cc2)c1. The standard InChI is InChI=1S/C38H24N2O6.2C26H14F2N2O2.C12H12N2O2.C7H5FO2.C6H6O2/c41-27-3-1-5-31(21-27)43-29-13-7-23(8-14-29)37-39-33-19-25(11-17-35(33)45-37)26-12-18-36-34(20-26)40-38(46-36)24-9-15-30(16-10-24)44-32-6-2-4-28(42)22-32;2*27-19-7-1-15(2-8-19)25-29-21-13-17(5-11-23(21)31-25)18-6-12-24-22(14-18)30-26(32-24)16-3-9-20(28)10-4-16;13-9-5-7(1-3-11(9)15)8-2-4-12(16)10(14)6-8;8-6-3-1-5(2-4-6)7(9)10;7-5-2-1-3-6(8)4-5/h1-22,41-42H;2*1-14H;1-6,15-16H,13-14H2;1-4H,(H,9,10);1-4,7-8H. The number of hydrogen-bond acceptors (Lipinski definition) is 23. The summed E-state index contributed by atoms with van der Waals surface area (Å²) in [5, 5.41) is 63.6. The van der Waals surface area contributed by atoms with Crippen LogP contribution in [0.2, 0.25) is 0 Å². The van der Waals surface area contributed by atoms with E-state index in [1.54, 1.807) is 127 Å². The van der Waals surface area contributed by atoms with Crippen molar-refractivity contribution in [2.45, 2.75) is 0 Å². The predicted octanol–water partition coefficient (Wildman–Crippen LogP) is 29.0. The Morgan fingerprint density at radius 3 is 0.639 bits per heavy atom. The molecule has 24 aromatic rings. The molecule has 0 amide bonds. The lowest BCUT2D eigenvalue weighted by Crippen LogP contribution is -1.94. The third-order valence-corrected chi connectivity index (χ3v) is 22.3. The minimum atomic E-state index is -1.04. The van der Waals surface area contributed by atoms with E-state index in [2.05, 4.69) is 19.9 Å². The van der Waals surface area contributed by atoms with Crippen molar-refractivity contribution in [1.82, 2.24) is 29.9 Å². The first kappa shape index (κ1) is 92.9. The van der Waals surface area contributed by atoms with E-state index in [1.165, 1.54) is 91.0 Å². The number of aromatic carboxylic acids is 1. The number of phenols is 6. The summed E-state index contributed by atoms with van der Waals surface area (Å²) >= 11 is 0. The van der Waals surface area contributed by atoms with Crippen LogP contribution < -0.4 is 20.9 Å². The predicted molar refractivity (Wildman–Crippen MR) is 537 cm³/mol. The van der Waals surface area contributed by atoms with Gasteiger partial charge in [-0.15, -0.1) is 0 Å². The summed E-state index contributed by atoms with van der Waals surface area (Å²) in [5.41, 5.74) is 32.0. The number of halogens is 5. The third-order valence-electron chi connectivity index (χ3n) is 22.3. The van der Waals surface area contributed by atoms with Crippen LogP contribution in [0.1, 0.15) is 10.4 Å². The summed E-state index contributed by atoms with van der Waals surface area (Å²) in [7, 11) is 0. The molecule has 0 aliphatic heterocycles. The van der Waals surface area contributed by atoms with E-state index in [0.717, 1.165) is 78.8 Å². The number of oxazole rings is 6. The molecule has 0 saturated carbocycles. The smallest absolute Gasteiger partial charge is 0.335 e. The number of benzene rings is 18. The number of hydrogen-bond donors (Lipinski definition) is 9. The average Bonchev–Trinajstić information content (AvgIpc) is 1.64. The Kier molecular flexibility index (Phi) is 26.5. The van der Waals surface area contributed by atoms with Gasteiger partial charge in [0.1, 0.15) is 120 Å². The van der Waals surface area contributed by atoms with Crippen LogP contribution in [0.25, 0.3) is 180 Å². The van der Waals surface area contributed by atoms with Crippen LogP contribution in [0, 0.1) is 29.1 Å². The van der Waals surface area contributed by atoms with Crippen LogP contribution in [0.15, 0.2) is 415 Å². The van der Waals surface area contributed by atoms with Crippen molar-refractivity contribution in [3.8, 4) is 171 Å². The van der Waals surface area contributed by atoms with Crippen molar-refractivity contribution in [3.05, 3.63) is 423 Å². The average molecular weight is 1920 g/mol. The molecule has 706 valence electrons. The lowest BCUT2D eigenvalue weighted by atomic mass is 10.0. The van der Waals surface area contributed by atoms with Gasteiger partial charge < -0.3 is 83.2 Å². The Bertz CT molecular complexity index is 8060. The van der Waals surface area contributed by atoms with Crippen LogP contribution in [-0.4, -0.2) is 71.6 Å². The summed E-state index contributed by atoms with van der Waals surface area (Å²) in [6, 6.07) is 107. The zero-order valence-electron chi connectivity index (χ0n) is 75.0. The number of rotatable bonds is 15. The molecule has 0 aliphatic carbocycles. The molecule has 0 aliphatic rings. The van der Waals surface area contributed by atoms with E-state index in [9.17, 15) is 47.2 Å². The molecule has 0 radical (unpaired) electrons. The number of ether oxygens (including phenoxy) is 2. The molecule has 6 aromatic heterocycles. The second-order valence-electron chi connectivity index (χ2n) is 32.4.